The third-order valence-corrected chi connectivity index (χ3v) is 3.81. The fourth-order valence-corrected chi connectivity index (χ4v) is 2.75. The van der Waals surface area contributed by atoms with Crippen LogP contribution < -0.4 is 5.32 Å². The molecule has 0 saturated heterocycles. The zero-order valence-corrected chi connectivity index (χ0v) is 12.0. The predicted octanol–water partition coefficient (Wildman–Crippen LogP) is 2.85. The fraction of sp³-hybridized carbons (Fsp3) is 0.214. The third-order valence-electron chi connectivity index (χ3n) is 2.83. The molecule has 3 heterocycles. The highest BCUT2D eigenvalue weighted by Gasteiger charge is 2.06. The van der Waals surface area contributed by atoms with Gasteiger partial charge in [-0.25, -0.2) is 0 Å². The molecule has 6 heteroatoms. The molecule has 0 spiro atoms. The summed E-state index contributed by atoms with van der Waals surface area (Å²) in [6.45, 7) is 2.99. The first-order valence-corrected chi connectivity index (χ1v) is 7.47. The maximum atomic E-state index is 4.38. The number of aromatic nitrogens is 4. The molecule has 0 atom stereocenters. The van der Waals surface area contributed by atoms with Crippen molar-refractivity contribution in [3.8, 4) is 0 Å². The summed E-state index contributed by atoms with van der Waals surface area (Å²) >= 11 is 1.64. The minimum absolute atomic E-state index is 0.773. The number of nitrogens with zero attached hydrogens (tertiary/aromatic N) is 4. The molecule has 5 nitrogen and oxygen atoms in total. The Morgan fingerprint density at radius 3 is 3.10 bits per heavy atom. The first kappa shape index (κ1) is 12.9. The van der Waals surface area contributed by atoms with Crippen LogP contribution in [0, 0.1) is 0 Å². The molecule has 0 bridgehead atoms. The second-order valence-corrected chi connectivity index (χ2v) is 5.21. The molecule has 1 N–H and O–H groups in total. The minimum atomic E-state index is 0.773. The molecule has 0 saturated carbocycles. The van der Waals surface area contributed by atoms with Crippen molar-refractivity contribution < 1.29 is 0 Å². The van der Waals surface area contributed by atoms with Gasteiger partial charge >= 0.3 is 0 Å². The highest BCUT2D eigenvalue weighted by Crippen LogP contribution is 2.21. The molecular weight excluding hydrogens is 270 g/mol. The summed E-state index contributed by atoms with van der Waals surface area (Å²) in [6, 6.07) is 9.93. The van der Waals surface area contributed by atoms with E-state index in [9.17, 15) is 0 Å². The highest BCUT2D eigenvalue weighted by atomic mass is 32.2. The van der Waals surface area contributed by atoms with Gasteiger partial charge in [0.25, 0.3) is 0 Å². The van der Waals surface area contributed by atoms with Gasteiger partial charge in [-0.3, -0.25) is 9.38 Å². The smallest absolute Gasteiger partial charge is 0.195 e. The van der Waals surface area contributed by atoms with Gasteiger partial charge in [0.1, 0.15) is 0 Å². The van der Waals surface area contributed by atoms with Gasteiger partial charge in [-0.15, -0.1) is 10.2 Å². The molecule has 3 aromatic rings. The number of hydrogen-bond donors (Lipinski definition) is 1. The lowest BCUT2D eigenvalue weighted by Gasteiger charge is -2.05. The average molecular weight is 285 g/mol. The highest BCUT2D eigenvalue weighted by molar-refractivity contribution is 7.98. The van der Waals surface area contributed by atoms with E-state index in [1.54, 1.807) is 11.8 Å². The molecule has 0 aromatic carbocycles. The van der Waals surface area contributed by atoms with E-state index in [0.717, 1.165) is 34.5 Å². The van der Waals surface area contributed by atoms with Crippen molar-refractivity contribution in [1.29, 1.82) is 0 Å². The Bertz CT molecular complexity index is 709. The normalized spacial score (nSPS) is 10.8. The van der Waals surface area contributed by atoms with Crippen LogP contribution in [0.5, 0.6) is 0 Å². The van der Waals surface area contributed by atoms with Crippen LogP contribution in [0.3, 0.4) is 0 Å². The lowest BCUT2D eigenvalue weighted by molar-refractivity contribution is 0.920. The summed E-state index contributed by atoms with van der Waals surface area (Å²) in [4.78, 5) is 4.38. The van der Waals surface area contributed by atoms with Gasteiger partial charge in [-0.2, -0.15) is 0 Å². The first-order valence-electron chi connectivity index (χ1n) is 6.48. The molecule has 3 rings (SSSR count). The number of pyridine rings is 2. The fourth-order valence-electron chi connectivity index (χ4n) is 1.93. The van der Waals surface area contributed by atoms with Gasteiger partial charge in [0, 0.05) is 30.4 Å². The van der Waals surface area contributed by atoms with E-state index in [1.807, 2.05) is 41.1 Å². The van der Waals surface area contributed by atoms with Crippen LogP contribution >= 0.6 is 11.8 Å². The third kappa shape index (κ3) is 2.75. The van der Waals surface area contributed by atoms with Crippen molar-refractivity contribution in [3.05, 3.63) is 48.4 Å². The monoisotopic (exact) mass is 285 g/mol. The van der Waals surface area contributed by atoms with E-state index in [2.05, 4.69) is 33.5 Å². The Morgan fingerprint density at radius 1 is 1.25 bits per heavy atom. The Labute approximate surface area is 121 Å². The van der Waals surface area contributed by atoms with Crippen molar-refractivity contribution in [2.24, 2.45) is 0 Å². The van der Waals surface area contributed by atoms with Crippen molar-refractivity contribution >= 4 is 23.1 Å². The number of anilines is 1. The predicted molar refractivity (Wildman–Crippen MR) is 80.9 cm³/mol. The Balaban J connectivity index is 1.74. The SMILES string of the molecule is CCNc1ccnc(CSc2nnc3ccccn23)c1. The Hall–Kier alpha value is -2.08. The maximum absolute atomic E-state index is 4.38. The summed E-state index contributed by atoms with van der Waals surface area (Å²) in [7, 11) is 0. The quantitative estimate of drug-likeness (QED) is 0.731. The topological polar surface area (TPSA) is 55.1 Å². The molecule has 102 valence electrons. The van der Waals surface area contributed by atoms with Crippen LogP contribution in [0.15, 0.2) is 47.9 Å². The van der Waals surface area contributed by atoms with Crippen molar-refractivity contribution in [3.63, 3.8) is 0 Å². The number of fused-ring (bicyclic) bond motifs is 1. The largest absolute Gasteiger partial charge is 0.385 e. The van der Waals surface area contributed by atoms with Gasteiger partial charge < -0.3 is 5.32 Å². The van der Waals surface area contributed by atoms with Crippen molar-refractivity contribution in [1.82, 2.24) is 19.6 Å². The number of hydrogen-bond acceptors (Lipinski definition) is 5. The molecule has 0 aliphatic heterocycles. The van der Waals surface area contributed by atoms with Crippen LogP contribution in [-0.4, -0.2) is 26.1 Å². The zero-order valence-electron chi connectivity index (χ0n) is 11.2. The molecule has 0 aliphatic rings. The van der Waals surface area contributed by atoms with Gasteiger partial charge in [-0.1, -0.05) is 17.8 Å². The van der Waals surface area contributed by atoms with E-state index in [-0.39, 0.29) is 0 Å². The summed E-state index contributed by atoms with van der Waals surface area (Å²) in [5, 5.41) is 12.5. The molecule has 0 aliphatic carbocycles. The summed E-state index contributed by atoms with van der Waals surface area (Å²) in [5.41, 5.74) is 3.00. The van der Waals surface area contributed by atoms with Gasteiger partial charge in [0.15, 0.2) is 10.8 Å². The molecule has 0 radical (unpaired) electrons. The first-order chi connectivity index (χ1) is 9.86. The molecule has 20 heavy (non-hydrogen) atoms. The molecule has 0 unspecified atom stereocenters. The van der Waals surface area contributed by atoms with E-state index in [4.69, 9.17) is 0 Å². The minimum Gasteiger partial charge on any atom is -0.385 e. The second-order valence-electron chi connectivity index (χ2n) is 4.27. The maximum Gasteiger partial charge on any atom is 0.195 e. The van der Waals surface area contributed by atoms with Gasteiger partial charge in [0.05, 0.1) is 5.69 Å². The summed E-state index contributed by atoms with van der Waals surface area (Å²) in [5.74, 6) is 0.773. The van der Waals surface area contributed by atoms with Gasteiger partial charge in [-0.05, 0) is 31.2 Å². The number of nitrogens with one attached hydrogen (secondary N) is 1. The standard InChI is InChI=1S/C14H15N5S/c1-2-15-11-6-7-16-12(9-11)10-20-14-18-17-13-5-3-4-8-19(13)14/h3-9H,2,10H2,1H3,(H,15,16). The lowest BCUT2D eigenvalue weighted by Crippen LogP contribution is -1.98. The molecule has 0 amide bonds. The van der Waals surface area contributed by atoms with Gasteiger partial charge in [0.2, 0.25) is 0 Å². The van der Waals surface area contributed by atoms with E-state index < -0.39 is 0 Å². The Morgan fingerprint density at radius 2 is 2.20 bits per heavy atom. The van der Waals surface area contributed by atoms with Crippen molar-refractivity contribution in [2.45, 2.75) is 17.8 Å². The van der Waals surface area contributed by atoms with Crippen molar-refractivity contribution in [2.75, 3.05) is 11.9 Å². The van der Waals surface area contributed by atoms with E-state index in [0.29, 0.717) is 0 Å². The molecule has 3 aromatic heterocycles. The zero-order chi connectivity index (χ0) is 13.8. The van der Waals surface area contributed by atoms with Crippen LogP contribution in [0.25, 0.3) is 5.65 Å². The van der Waals surface area contributed by atoms with Crippen LogP contribution in [0.2, 0.25) is 0 Å². The second kappa shape index (κ2) is 5.92. The van der Waals surface area contributed by atoms with E-state index >= 15 is 0 Å². The van der Waals surface area contributed by atoms with E-state index in [1.165, 1.54) is 0 Å². The summed E-state index contributed by atoms with van der Waals surface area (Å²) in [6.07, 6.45) is 3.80. The Kier molecular flexibility index (Phi) is 3.83. The van der Waals surface area contributed by atoms with Crippen LogP contribution in [0.4, 0.5) is 5.69 Å². The number of thioether (sulfide) groups is 1. The molecule has 0 fully saturated rings. The number of rotatable bonds is 5. The summed E-state index contributed by atoms with van der Waals surface area (Å²) < 4.78 is 1.98. The van der Waals surface area contributed by atoms with Crippen LogP contribution in [-0.2, 0) is 5.75 Å². The lowest BCUT2D eigenvalue weighted by atomic mass is 10.3. The molecular formula is C14H15N5S. The average Bonchev–Trinajstić information content (AvgIpc) is 2.89. The van der Waals surface area contributed by atoms with Crippen LogP contribution in [0.1, 0.15) is 12.6 Å².